The lowest BCUT2D eigenvalue weighted by atomic mass is 9.86. The second kappa shape index (κ2) is 4.85. The van der Waals surface area contributed by atoms with Crippen molar-refractivity contribution in [3.8, 4) is 34.5 Å². The summed E-state index contributed by atoms with van der Waals surface area (Å²) in [6.07, 6.45) is -0.969. The van der Waals surface area contributed by atoms with Crippen molar-refractivity contribution in [2.75, 3.05) is 13.4 Å². The van der Waals surface area contributed by atoms with Gasteiger partial charge < -0.3 is 34.6 Å². The summed E-state index contributed by atoms with van der Waals surface area (Å²) in [6, 6.07) is 6.00. The smallest absolute Gasteiger partial charge is 0.231 e. The Balaban J connectivity index is 1.75. The van der Waals surface area contributed by atoms with E-state index >= 15 is 0 Å². The maximum atomic E-state index is 10.7. The Kier molecular flexibility index (Phi) is 2.92. The Hall–Kier alpha value is -2.80. The van der Waals surface area contributed by atoms with Gasteiger partial charge in [0, 0.05) is 17.2 Å². The molecule has 2 aromatic rings. The normalized spacial score (nSPS) is 21.6. The van der Waals surface area contributed by atoms with Crippen LogP contribution in [0.1, 0.15) is 23.1 Å². The quantitative estimate of drug-likeness (QED) is 0.593. The lowest BCUT2D eigenvalue weighted by molar-refractivity contribution is 0.0873. The van der Waals surface area contributed by atoms with Crippen LogP contribution in [0.4, 0.5) is 0 Å². The summed E-state index contributed by atoms with van der Waals surface area (Å²) in [5.74, 6) is -0.562. The van der Waals surface area contributed by atoms with E-state index in [2.05, 4.69) is 0 Å². The predicted octanol–water partition coefficient (Wildman–Crippen LogP) is 1.74. The van der Waals surface area contributed by atoms with E-state index in [0.717, 1.165) is 0 Å². The van der Waals surface area contributed by atoms with Gasteiger partial charge in [-0.15, -0.1) is 0 Å². The maximum absolute atomic E-state index is 10.7. The molecular formula is C16H14O7. The number of aliphatic hydroxyl groups excluding tert-OH is 1. The summed E-state index contributed by atoms with van der Waals surface area (Å²) in [6.45, 7) is 0.218. The maximum Gasteiger partial charge on any atom is 0.231 e. The van der Waals surface area contributed by atoms with Gasteiger partial charge in [0.25, 0.3) is 0 Å². The second-order valence-corrected chi connectivity index (χ2v) is 5.48. The highest BCUT2D eigenvalue weighted by Gasteiger charge is 2.35. The van der Waals surface area contributed by atoms with Crippen LogP contribution < -0.4 is 14.2 Å². The van der Waals surface area contributed by atoms with Gasteiger partial charge in [0.2, 0.25) is 12.5 Å². The van der Waals surface area contributed by atoms with Crippen LogP contribution in [0.15, 0.2) is 24.3 Å². The zero-order valence-corrected chi connectivity index (χ0v) is 11.9. The highest BCUT2D eigenvalue weighted by atomic mass is 16.7. The van der Waals surface area contributed by atoms with Crippen molar-refractivity contribution in [2.24, 2.45) is 0 Å². The molecule has 0 aromatic heterocycles. The molecule has 0 saturated carbocycles. The molecule has 0 spiro atoms. The molecule has 0 saturated heterocycles. The number of hydrogen-bond acceptors (Lipinski definition) is 7. The molecule has 120 valence electrons. The fraction of sp³-hybridized carbons (Fsp3) is 0.250. The molecule has 0 fully saturated rings. The first-order chi connectivity index (χ1) is 11.1. The monoisotopic (exact) mass is 318 g/mol. The Labute approximate surface area is 130 Å². The molecule has 7 nitrogen and oxygen atoms in total. The minimum atomic E-state index is -0.969. The molecule has 7 heteroatoms. The standard InChI is InChI=1S/C16H14O7/c17-10-2-1-7(15(19)16(10)20)9-5-21-11-4-13-12(22-6-23-13)3-8(11)14(9)18/h1-4,9,14,17-20H,5-6H2. The van der Waals surface area contributed by atoms with E-state index in [1.54, 1.807) is 12.1 Å². The number of benzene rings is 2. The van der Waals surface area contributed by atoms with Crippen molar-refractivity contribution in [3.63, 3.8) is 0 Å². The third kappa shape index (κ3) is 2.01. The van der Waals surface area contributed by atoms with E-state index in [-0.39, 0.29) is 19.0 Å². The van der Waals surface area contributed by atoms with Crippen LogP contribution in [-0.4, -0.2) is 33.8 Å². The van der Waals surface area contributed by atoms with Gasteiger partial charge in [0.15, 0.2) is 23.0 Å². The van der Waals surface area contributed by atoms with Crippen LogP contribution >= 0.6 is 0 Å². The molecule has 0 amide bonds. The average molecular weight is 318 g/mol. The summed E-state index contributed by atoms with van der Waals surface area (Å²) in [7, 11) is 0. The van der Waals surface area contributed by atoms with Crippen LogP contribution in [0.2, 0.25) is 0 Å². The summed E-state index contributed by atoms with van der Waals surface area (Å²) in [4.78, 5) is 0. The Morgan fingerprint density at radius 2 is 1.57 bits per heavy atom. The molecule has 4 rings (SSSR count). The largest absolute Gasteiger partial charge is 0.504 e. The highest BCUT2D eigenvalue weighted by Crippen LogP contribution is 2.49. The lowest BCUT2D eigenvalue weighted by Gasteiger charge is -2.31. The molecule has 2 aliphatic rings. The molecule has 0 aliphatic carbocycles. The van der Waals surface area contributed by atoms with E-state index in [4.69, 9.17) is 14.2 Å². The fourth-order valence-electron chi connectivity index (χ4n) is 2.93. The van der Waals surface area contributed by atoms with Gasteiger partial charge in [0.1, 0.15) is 5.75 Å². The zero-order valence-electron chi connectivity index (χ0n) is 11.9. The van der Waals surface area contributed by atoms with Gasteiger partial charge in [-0.05, 0) is 12.1 Å². The minimum Gasteiger partial charge on any atom is -0.504 e. The molecule has 4 N–H and O–H groups in total. The number of aromatic hydroxyl groups is 3. The highest BCUT2D eigenvalue weighted by molar-refractivity contribution is 5.57. The van der Waals surface area contributed by atoms with Crippen molar-refractivity contribution >= 4 is 0 Å². The average Bonchev–Trinajstić information content (AvgIpc) is 3.00. The van der Waals surface area contributed by atoms with E-state index in [1.807, 2.05) is 0 Å². The van der Waals surface area contributed by atoms with Crippen LogP contribution in [0.5, 0.6) is 34.5 Å². The third-order valence-corrected chi connectivity index (χ3v) is 4.18. The van der Waals surface area contributed by atoms with Crippen molar-refractivity contribution in [1.29, 1.82) is 0 Å². The van der Waals surface area contributed by atoms with Gasteiger partial charge in [-0.1, -0.05) is 6.07 Å². The SMILES string of the molecule is Oc1ccc(C2COc3cc4c(cc3C2O)OCO4)c(O)c1O. The first kappa shape index (κ1) is 13.8. The molecule has 2 atom stereocenters. The number of phenolic OH excluding ortho intramolecular Hbond substituents is 3. The number of ether oxygens (including phenoxy) is 3. The minimum absolute atomic E-state index is 0.103. The van der Waals surface area contributed by atoms with E-state index in [0.29, 0.717) is 22.8 Å². The van der Waals surface area contributed by atoms with Crippen LogP contribution in [0.25, 0.3) is 0 Å². The van der Waals surface area contributed by atoms with Crippen LogP contribution in [0, 0.1) is 0 Å². The molecule has 2 aromatic carbocycles. The zero-order chi connectivity index (χ0) is 16.1. The Bertz CT molecular complexity index is 786. The Morgan fingerprint density at radius 3 is 2.35 bits per heavy atom. The summed E-state index contributed by atoms with van der Waals surface area (Å²) in [5, 5.41) is 39.8. The summed E-state index contributed by atoms with van der Waals surface area (Å²) >= 11 is 0. The van der Waals surface area contributed by atoms with Crippen molar-refractivity contribution in [1.82, 2.24) is 0 Å². The topological polar surface area (TPSA) is 109 Å². The Morgan fingerprint density at radius 1 is 0.826 bits per heavy atom. The molecule has 0 bridgehead atoms. The fourth-order valence-corrected chi connectivity index (χ4v) is 2.93. The van der Waals surface area contributed by atoms with E-state index < -0.39 is 29.3 Å². The number of phenols is 3. The molecular weight excluding hydrogens is 304 g/mol. The number of fused-ring (bicyclic) bond motifs is 2. The van der Waals surface area contributed by atoms with E-state index in [1.165, 1.54) is 12.1 Å². The van der Waals surface area contributed by atoms with Crippen LogP contribution in [0.3, 0.4) is 0 Å². The molecule has 2 aliphatic heterocycles. The number of aliphatic hydroxyl groups is 1. The number of hydrogen-bond donors (Lipinski definition) is 4. The number of rotatable bonds is 1. The van der Waals surface area contributed by atoms with Gasteiger partial charge in [-0.3, -0.25) is 0 Å². The third-order valence-electron chi connectivity index (χ3n) is 4.18. The van der Waals surface area contributed by atoms with Gasteiger partial charge in [-0.2, -0.15) is 0 Å². The van der Waals surface area contributed by atoms with Gasteiger partial charge in [-0.25, -0.2) is 0 Å². The van der Waals surface area contributed by atoms with Crippen molar-refractivity contribution in [2.45, 2.75) is 12.0 Å². The van der Waals surface area contributed by atoms with Crippen molar-refractivity contribution in [3.05, 3.63) is 35.4 Å². The molecule has 2 unspecified atom stereocenters. The first-order valence-electron chi connectivity index (χ1n) is 7.04. The van der Waals surface area contributed by atoms with Gasteiger partial charge >= 0.3 is 0 Å². The molecule has 2 heterocycles. The lowest BCUT2D eigenvalue weighted by Crippen LogP contribution is -2.24. The van der Waals surface area contributed by atoms with Gasteiger partial charge in [0.05, 0.1) is 18.6 Å². The summed E-state index contributed by atoms with van der Waals surface area (Å²) in [5.41, 5.74) is 0.800. The second-order valence-electron chi connectivity index (χ2n) is 5.48. The summed E-state index contributed by atoms with van der Waals surface area (Å²) < 4.78 is 16.2. The van der Waals surface area contributed by atoms with Crippen LogP contribution in [-0.2, 0) is 0 Å². The molecule has 23 heavy (non-hydrogen) atoms. The van der Waals surface area contributed by atoms with Crippen molar-refractivity contribution < 1.29 is 34.6 Å². The predicted molar refractivity (Wildman–Crippen MR) is 77.2 cm³/mol. The first-order valence-corrected chi connectivity index (χ1v) is 7.04. The molecule has 0 radical (unpaired) electrons. The van der Waals surface area contributed by atoms with E-state index in [9.17, 15) is 20.4 Å².